The van der Waals surface area contributed by atoms with Crippen LogP contribution in [-0.4, -0.2) is 19.3 Å². The molecule has 0 spiro atoms. The molecule has 0 atom stereocenters. The van der Waals surface area contributed by atoms with Crippen LogP contribution in [0.15, 0.2) is 24.3 Å². The van der Waals surface area contributed by atoms with Gasteiger partial charge in [0.15, 0.2) is 0 Å². The van der Waals surface area contributed by atoms with E-state index >= 15 is 0 Å². The van der Waals surface area contributed by atoms with Gasteiger partial charge in [-0.2, -0.15) is 0 Å². The van der Waals surface area contributed by atoms with Crippen molar-refractivity contribution in [2.75, 3.05) is 17.8 Å². The number of alkyl halides is 1. The first kappa shape index (κ1) is 16.0. The summed E-state index contributed by atoms with van der Waals surface area (Å²) < 4.78 is 0. The van der Waals surface area contributed by atoms with Crippen LogP contribution in [0.2, 0.25) is 0 Å². The van der Waals surface area contributed by atoms with Crippen molar-refractivity contribution < 1.29 is 4.79 Å². The molecule has 0 aliphatic carbocycles. The Morgan fingerprint density at radius 1 is 1.29 bits per heavy atom. The maximum Gasteiger partial charge on any atom is 0.213 e. The summed E-state index contributed by atoms with van der Waals surface area (Å²) in [6.45, 7) is 4.15. The molecule has 17 heavy (non-hydrogen) atoms. The first-order valence-electron chi connectivity index (χ1n) is 5.97. The Morgan fingerprint density at radius 2 is 1.94 bits per heavy atom. The Kier molecular flexibility index (Phi) is 9.55. The largest absolute Gasteiger partial charge is 0.318 e. The maximum absolute atomic E-state index is 10.4. The number of carbonyl (C=O) groups is 1. The molecule has 0 aliphatic rings. The molecule has 0 bridgehead atoms. The van der Waals surface area contributed by atoms with Crippen molar-refractivity contribution in [2.24, 2.45) is 0 Å². The van der Waals surface area contributed by atoms with E-state index in [1.54, 1.807) is 11.9 Å². The molecule has 0 aromatic heterocycles. The van der Waals surface area contributed by atoms with Gasteiger partial charge in [-0.3, -0.25) is 4.79 Å². The Balaban J connectivity index is 0.000000366. The zero-order valence-corrected chi connectivity index (χ0v) is 11.7. The fourth-order valence-corrected chi connectivity index (χ4v) is 1.55. The maximum atomic E-state index is 10.4. The van der Waals surface area contributed by atoms with Crippen molar-refractivity contribution in [1.82, 2.24) is 0 Å². The monoisotopic (exact) mass is 255 g/mol. The number of rotatable bonds is 5. The fraction of sp³-hybridized carbons (Fsp3) is 0.500. The molecule has 96 valence electrons. The van der Waals surface area contributed by atoms with Crippen LogP contribution < -0.4 is 4.90 Å². The van der Waals surface area contributed by atoms with Gasteiger partial charge in [0.05, 0.1) is 0 Å². The number of aryl methyl sites for hydroxylation is 1. The van der Waals surface area contributed by atoms with E-state index in [0.29, 0.717) is 0 Å². The highest BCUT2D eigenvalue weighted by Crippen LogP contribution is 2.15. The molecule has 0 N–H and O–H groups in total. The third-order valence-corrected chi connectivity index (χ3v) is 2.66. The predicted molar refractivity (Wildman–Crippen MR) is 75.9 cm³/mol. The second kappa shape index (κ2) is 10.2. The minimum absolute atomic E-state index is 0.808. The van der Waals surface area contributed by atoms with Crippen LogP contribution in [0.4, 0.5) is 5.69 Å². The number of benzene rings is 1. The normalized spacial score (nSPS) is 9.18. The average Bonchev–Trinajstić information content (AvgIpc) is 2.37. The van der Waals surface area contributed by atoms with E-state index in [2.05, 4.69) is 6.92 Å². The number of halogens is 1. The Bertz CT molecular complexity index is 311. The second-order valence-corrected chi connectivity index (χ2v) is 4.28. The van der Waals surface area contributed by atoms with E-state index in [1.807, 2.05) is 31.2 Å². The number of nitrogens with zero attached hydrogens (tertiary/aromatic N) is 1. The van der Waals surface area contributed by atoms with Gasteiger partial charge < -0.3 is 4.90 Å². The summed E-state index contributed by atoms with van der Waals surface area (Å²) in [6, 6.07) is 7.78. The van der Waals surface area contributed by atoms with E-state index < -0.39 is 0 Å². The molecule has 0 saturated carbocycles. The van der Waals surface area contributed by atoms with Crippen LogP contribution in [0.5, 0.6) is 0 Å². The summed E-state index contributed by atoms with van der Waals surface area (Å²) in [4.78, 5) is 11.9. The van der Waals surface area contributed by atoms with Crippen LogP contribution in [0, 0.1) is 6.92 Å². The molecule has 3 heteroatoms. The van der Waals surface area contributed by atoms with Crippen LogP contribution in [0.3, 0.4) is 0 Å². The van der Waals surface area contributed by atoms with E-state index in [1.165, 1.54) is 19.3 Å². The van der Waals surface area contributed by atoms with Crippen LogP contribution in [0.25, 0.3) is 0 Å². The van der Waals surface area contributed by atoms with E-state index in [0.717, 1.165) is 23.5 Å². The minimum atomic E-state index is 0.808. The highest BCUT2D eigenvalue weighted by Gasteiger charge is 1.99. The van der Waals surface area contributed by atoms with Crippen molar-refractivity contribution in [3.63, 3.8) is 0 Å². The lowest BCUT2D eigenvalue weighted by molar-refractivity contribution is -0.107. The minimum Gasteiger partial charge on any atom is -0.318 e. The summed E-state index contributed by atoms with van der Waals surface area (Å²) in [5.41, 5.74) is 2.07. The molecule has 2 nitrogen and oxygen atoms in total. The molecule has 0 aliphatic heterocycles. The summed E-state index contributed by atoms with van der Waals surface area (Å²) in [7, 11) is 1.75. The van der Waals surface area contributed by atoms with Crippen molar-refractivity contribution in [3.05, 3.63) is 29.8 Å². The zero-order chi connectivity index (χ0) is 13.1. The van der Waals surface area contributed by atoms with Gasteiger partial charge in [0.1, 0.15) is 0 Å². The first-order valence-corrected chi connectivity index (χ1v) is 6.50. The number of hydrogen-bond acceptors (Lipinski definition) is 1. The quantitative estimate of drug-likeness (QED) is 0.442. The molecule has 0 radical (unpaired) electrons. The standard InChI is InChI=1S/C9H11NO.C5H11Cl/c1-8-5-3-4-6-9(8)10(2)7-11;1-2-3-4-5-6/h3-7H,1-2H3;2-5H2,1H3. The van der Waals surface area contributed by atoms with Gasteiger partial charge in [-0.15, -0.1) is 11.6 Å². The molecular formula is C14H22ClNO. The lowest BCUT2D eigenvalue weighted by atomic mass is 10.2. The molecule has 1 aromatic rings. The second-order valence-electron chi connectivity index (χ2n) is 3.90. The van der Waals surface area contributed by atoms with Gasteiger partial charge >= 0.3 is 0 Å². The summed E-state index contributed by atoms with van der Waals surface area (Å²) in [5.74, 6) is 0.827. The van der Waals surface area contributed by atoms with Crippen molar-refractivity contribution >= 4 is 23.7 Å². The number of carbonyl (C=O) groups excluding carboxylic acids is 1. The number of hydrogen-bond donors (Lipinski definition) is 0. The molecule has 1 amide bonds. The molecule has 0 saturated heterocycles. The van der Waals surface area contributed by atoms with E-state index in [9.17, 15) is 4.79 Å². The number of amides is 1. The van der Waals surface area contributed by atoms with Gasteiger partial charge in [0, 0.05) is 18.6 Å². The van der Waals surface area contributed by atoms with Crippen molar-refractivity contribution in [2.45, 2.75) is 33.1 Å². The van der Waals surface area contributed by atoms with Crippen LogP contribution in [0.1, 0.15) is 31.7 Å². The lowest BCUT2D eigenvalue weighted by Crippen LogP contribution is -2.14. The molecule has 0 fully saturated rings. The number of unbranched alkanes of at least 4 members (excludes halogenated alkanes) is 2. The molecule has 1 rings (SSSR count). The highest BCUT2D eigenvalue weighted by atomic mass is 35.5. The predicted octanol–water partition coefficient (Wildman–Crippen LogP) is 4.00. The zero-order valence-electron chi connectivity index (χ0n) is 10.9. The van der Waals surface area contributed by atoms with Crippen molar-refractivity contribution in [3.8, 4) is 0 Å². The Hall–Kier alpha value is -1.02. The van der Waals surface area contributed by atoms with Gasteiger partial charge in [-0.1, -0.05) is 38.0 Å². The van der Waals surface area contributed by atoms with Gasteiger partial charge in [0.25, 0.3) is 0 Å². The lowest BCUT2D eigenvalue weighted by Gasteiger charge is -2.12. The molecular weight excluding hydrogens is 234 g/mol. The topological polar surface area (TPSA) is 20.3 Å². The number of anilines is 1. The SMILES string of the molecule is CCCCCCl.Cc1ccccc1N(C)C=O. The average molecular weight is 256 g/mol. The third-order valence-electron chi connectivity index (χ3n) is 2.39. The van der Waals surface area contributed by atoms with Gasteiger partial charge in [0.2, 0.25) is 6.41 Å². The number of para-hydroxylation sites is 1. The van der Waals surface area contributed by atoms with Crippen molar-refractivity contribution in [1.29, 1.82) is 0 Å². The summed E-state index contributed by atoms with van der Waals surface area (Å²) in [6.07, 6.45) is 4.54. The van der Waals surface area contributed by atoms with E-state index in [4.69, 9.17) is 11.6 Å². The summed E-state index contributed by atoms with van der Waals surface area (Å²) >= 11 is 5.38. The van der Waals surface area contributed by atoms with Gasteiger partial charge in [-0.25, -0.2) is 0 Å². The third kappa shape index (κ3) is 7.01. The molecule has 1 aromatic carbocycles. The molecule has 0 unspecified atom stereocenters. The van der Waals surface area contributed by atoms with Crippen LogP contribution >= 0.6 is 11.6 Å². The Morgan fingerprint density at radius 3 is 2.35 bits per heavy atom. The molecule has 0 heterocycles. The first-order chi connectivity index (χ1) is 8.17. The van der Waals surface area contributed by atoms with E-state index in [-0.39, 0.29) is 0 Å². The Labute approximate surface area is 110 Å². The summed E-state index contributed by atoms with van der Waals surface area (Å²) in [5, 5.41) is 0. The fourth-order valence-electron chi connectivity index (χ4n) is 1.36. The van der Waals surface area contributed by atoms with Crippen LogP contribution in [-0.2, 0) is 4.79 Å². The highest BCUT2D eigenvalue weighted by molar-refractivity contribution is 6.17. The van der Waals surface area contributed by atoms with Gasteiger partial charge in [-0.05, 0) is 25.0 Å². The smallest absolute Gasteiger partial charge is 0.213 e.